The summed E-state index contributed by atoms with van der Waals surface area (Å²) in [6.45, 7) is 14.3. The van der Waals surface area contributed by atoms with Gasteiger partial charge in [0.1, 0.15) is 5.76 Å². The van der Waals surface area contributed by atoms with Crippen LogP contribution in [0, 0.1) is 25.7 Å². The normalized spacial score (nSPS) is 18.1. The van der Waals surface area contributed by atoms with E-state index in [1.54, 1.807) is 0 Å². The van der Waals surface area contributed by atoms with Crippen LogP contribution < -0.4 is 5.32 Å². The first-order valence-corrected chi connectivity index (χ1v) is 7.91. The highest BCUT2D eigenvalue weighted by molar-refractivity contribution is 5.20. The number of aryl methyl sites for hydroxylation is 2. The molecule has 0 spiro atoms. The molecular weight excluding hydrogens is 250 g/mol. The van der Waals surface area contributed by atoms with Gasteiger partial charge in [0.2, 0.25) is 0 Å². The summed E-state index contributed by atoms with van der Waals surface area (Å²) in [5.74, 6) is 2.56. The van der Waals surface area contributed by atoms with Gasteiger partial charge in [0.15, 0.2) is 0 Å². The molecule has 1 N–H and O–H groups in total. The van der Waals surface area contributed by atoms with Crippen molar-refractivity contribution in [2.75, 3.05) is 26.2 Å². The van der Waals surface area contributed by atoms with Crippen LogP contribution in [-0.2, 0) is 6.54 Å². The summed E-state index contributed by atoms with van der Waals surface area (Å²) in [7, 11) is 0. The van der Waals surface area contributed by atoms with E-state index in [9.17, 15) is 0 Å². The maximum atomic E-state index is 5.25. The van der Waals surface area contributed by atoms with Crippen LogP contribution in [0.25, 0.3) is 0 Å². The van der Waals surface area contributed by atoms with Gasteiger partial charge in [-0.05, 0) is 64.7 Å². The Morgan fingerprint density at radius 2 is 2.00 bits per heavy atom. The zero-order valence-corrected chi connectivity index (χ0v) is 13.4. The molecule has 20 heavy (non-hydrogen) atoms. The topological polar surface area (TPSA) is 41.3 Å². The zero-order valence-electron chi connectivity index (χ0n) is 13.4. The molecule has 0 unspecified atom stereocenters. The van der Waals surface area contributed by atoms with Crippen molar-refractivity contribution in [3.63, 3.8) is 0 Å². The van der Waals surface area contributed by atoms with Gasteiger partial charge in [0.25, 0.3) is 0 Å². The van der Waals surface area contributed by atoms with E-state index in [1.165, 1.54) is 38.0 Å². The molecule has 114 valence electrons. The molecule has 0 radical (unpaired) electrons. The molecule has 1 fully saturated rings. The van der Waals surface area contributed by atoms with Crippen LogP contribution in [0.2, 0.25) is 0 Å². The monoisotopic (exact) mass is 279 g/mol. The number of rotatable bonds is 6. The highest BCUT2D eigenvalue weighted by Gasteiger charge is 2.21. The number of likely N-dealkylation sites (tertiary alicyclic amines) is 1. The molecule has 2 heterocycles. The Hall–Kier alpha value is -0.870. The molecule has 1 aliphatic heterocycles. The van der Waals surface area contributed by atoms with E-state index in [2.05, 4.69) is 29.2 Å². The van der Waals surface area contributed by atoms with Crippen molar-refractivity contribution in [1.82, 2.24) is 15.4 Å². The van der Waals surface area contributed by atoms with Gasteiger partial charge in [-0.15, -0.1) is 0 Å². The van der Waals surface area contributed by atoms with Gasteiger partial charge in [0.05, 0.1) is 5.69 Å². The molecule has 0 saturated carbocycles. The summed E-state index contributed by atoms with van der Waals surface area (Å²) in [6, 6.07) is 0. The summed E-state index contributed by atoms with van der Waals surface area (Å²) >= 11 is 0. The quantitative estimate of drug-likeness (QED) is 0.869. The van der Waals surface area contributed by atoms with Gasteiger partial charge in [-0.1, -0.05) is 19.0 Å². The molecular formula is C16H29N3O. The summed E-state index contributed by atoms with van der Waals surface area (Å²) in [4.78, 5) is 2.53. The molecule has 2 rings (SSSR count). The van der Waals surface area contributed by atoms with Gasteiger partial charge in [-0.3, -0.25) is 4.90 Å². The second-order valence-electron chi connectivity index (χ2n) is 6.57. The minimum Gasteiger partial charge on any atom is -0.361 e. The molecule has 1 aromatic rings. The number of nitrogens with one attached hydrogen (secondary N) is 1. The molecule has 1 saturated heterocycles. The minimum absolute atomic E-state index is 0.745. The Kier molecular flexibility index (Phi) is 5.61. The summed E-state index contributed by atoms with van der Waals surface area (Å²) in [5.41, 5.74) is 2.32. The maximum Gasteiger partial charge on any atom is 0.138 e. The smallest absolute Gasteiger partial charge is 0.138 e. The molecule has 0 aromatic carbocycles. The third-order valence-electron chi connectivity index (χ3n) is 4.26. The highest BCUT2D eigenvalue weighted by atomic mass is 16.5. The van der Waals surface area contributed by atoms with Gasteiger partial charge >= 0.3 is 0 Å². The van der Waals surface area contributed by atoms with Crippen LogP contribution in [0.3, 0.4) is 0 Å². The van der Waals surface area contributed by atoms with Gasteiger partial charge in [-0.25, -0.2) is 0 Å². The zero-order chi connectivity index (χ0) is 14.5. The largest absolute Gasteiger partial charge is 0.361 e. The number of aromatic nitrogens is 1. The fraction of sp³-hybridized carbons (Fsp3) is 0.812. The van der Waals surface area contributed by atoms with Crippen molar-refractivity contribution in [3.05, 3.63) is 17.0 Å². The molecule has 0 atom stereocenters. The molecule has 0 bridgehead atoms. The third kappa shape index (κ3) is 4.32. The predicted molar refractivity (Wildman–Crippen MR) is 81.7 cm³/mol. The van der Waals surface area contributed by atoms with E-state index in [4.69, 9.17) is 4.52 Å². The number of piperidine rings is 1. The van der Waals surface area contributed by atoms with Crippen LogP contribution in [0.5, 0.6) is 0 Å². The van der Waals surface area contributed by atoms with Crippen molar-refractivity contribution < 1.29 is 4.52 Å². The van der Waals surface area contributed by atoms with Crippen molar-refractivity contribution in [1.29, 1.82) is 0 Å². The molecule has 0 aliphatic carbocycles. The van der Waals surface area contributed by atoms with Crippen molar-refractivity contribution in [3.8, 4) is 0 Å². The maximum absolute atomic E-state index is 5.25. The van der Waals surface area contributed by atoms with E-state index < -0.39 is 0 Å². The fourth-order valence-corrected chi connectivity index (χ4v) is 2.88. The van der Waals surface area contributed by atoms with E-state index in [0.717, 1.165) is 36.4 Å². The van der Waals surface area contributed by atoms with Crippen LogP contribution in [0.15, 0.2) is 4.52 Å². The number of hydrogen-bond donors (Lipinski definition) is 1. The number of hydrogen-bond acceptors (Lipinski definition) is 4. The van der Waals surface area contributed by atoms with Crippen molar-refractivity contribution in [2.45, 2.75) is 47.1 Å². The first-order valence-electron chi connectivity index (χ1n) is 7.91. The lowest BCUT2D eigenvalue weighted by molar-refractivity contribution is 0.174. The lowest BCUT2D eigenvalue weighted by atomic mass is 9.96. The third-order valence-corrected chi connectivity index (χ3v) is 4.26. The molecule has 1 aromatic heterocycles. The van der Waals surface area contributed by atoms with E-state index >= 15 is 0 Å². The lowest BCUT2D eigenvalue weighted by Crippen LogP contribution is -2.37. The van der Waals surface area contributed by atoms with Crippen molar-refractivity contribution in [2.24, 2.45) is 11.8 Å². The lowest BCUT2D eigenvalue weighted by Gasteiger charge is -2.32. The van der Waals surface area contributed by atoms with Crippen LogP contribution >= 0.6 is 0 Å². The Morgan fingerprint density at radius 1 is 1.30 bits per heavy atom. The molecule has 0 amide bonds. The van der Waals surface area contributed by atoms with Crippen LogP contribution in [0.4, 0.5) is 0 Å². The average molecular weight is 279 g/mol. The first kappa shape index (κ1) is 15.5. The summed E-state index contributed by atoms with van der Waals surface area (Å²) in [5, 5.41) is 7.63. The second kappa shape index (κ2) is 7.23. The van der Waals surface area contributed by atoms with Gasteiger partial charge < -0.3 is 9.84 Å². The molecule has 4 heteroatoms. The van der Waals surface area contributed by atoms with Gasteiger partial charge in [0, 0.05) is 12.1 Å². The first-order chi connectivity index (χ1) is 9.56. The molecule has 1 aliphatic rings. The Bertz CT molecular complexity index is 386. The average Bonchev–Trinajstić information content (AvgIpc) is 2.72. The highest BCUT2D eigenvalue weighted by Crippen LogP contribution is 2.21. The Morgan fingerprint density at radius 3 is 2.55 bits per heavy atom. The Labute approximate surface area is 122 Å². The summed E-state index contributed by atoms with van der Waals surface area (Å²) < 4.78 is 5.25. The second-order valence-corrected chi connectivity index (χ2v) is 6.57. The van der Waals surface area contributed by atoms with E-state index in [-0.39, 0.29) is 0 Å². The SMILES string of the molecule is Cc1noc(C)c1CN1CCC(CNCC(C)C)CC1. The van der Waals surface area contributed by atoms with E-state index in [0.29, 0.717) is 0 Å². The molecule has 4 nitrogen and oxygen atoms in total. The van der Waals surface area contributed by atoms with Crippen molar-refractivity contribution >= 4 is 0 Å². The standard InChI is InChI=1S/C16H29N3O/c1-12(2)9-17-10-15-5-7-19(8-6-15)11-16-13(3)18-20-14(16)4/h12,15,17H,5-11H2,1-4H3. The number of nitrogens with zero attached hydrogens (tertiary/aromatic N) is 2. The summed E-state index contributed by atoms with van der Waals surface area (Å²) in [6.07, 6.45) is 2.60. The van der Waals surface area contributed by atoms with E-state index in [1.807, 2.05) is 13.8 Å². The Balaban J connectivity index is 1.72. The van der Waals surface area contributed by atoms with Crippen LogP contribution in [-0.4, -0.2) is 36.2 Å². The van der Waals surface area contributed by atoms with Crippen LogP contribution in [0.1, 0.15) is 43.7 Å². The minimum atomic E-state index is 0.745. The fourth-order valence-electron chi connectivity index (χ4n) is 2.88. The predicted octanol–water partition coefficient (Wildman–Crippen LogP) is 2.75. The van der Waals surface area contributed by atoms with Gasteiger partial charge in [-0.2, -0.15) is 0 Å².